The summed E-state index contributed by atoms with van der Waals surface area (Å²) in [4.78, 5) is 11.7. The zero-order valence-corrected chi connectivity index (χ0v) is 12.1. The second-order valence-electron chi connectivity index (χ2n) is 4.84. The van der Waals surface area contributed by atoms with Crippen molar-refractivity contribution in [1.82, 2.24) is 5.31 Å². The number of halogens is 1. The van der Waals surface area contributed by atoms with Crippen LogP contribution in [0.15, 0.2) is 28.7 Å². The summed E-state index contributed by atoms with van der Waals surface area (Å²) in [5.74, 6) is 0. The summed E-state index contributed by atoms with van der Waals surface area (Å²) in [7, 11) is 0. The molecule has 0 saturated carbocycles. The third-order valence-electron chi connectivity index (χ3n) is 2.04. The highest BCUT2D eigenvalue weighted by Crippen LogP contribution is 2.17. The molecule has 0 aliphatic rings. The van der Waals surface area contributed by atoms with Crippen LogP contribution in [0.2, 0.25) is 1.41 Å². The number of nitrogens with one attached hydrogen (secondary N) is 1. The van der Waals surface area contributed by atoms with Gasteiger partial charge in [-0.15, -0.1) is 0 Å². The molecular weight excluding hydrogens is 282 g/mol. The standard InChI is InChI=1S/C13H18BrNO2/c1-9(10-5-7-11(14)8-6-10)15-12(16)17-13(2,3)4/h5-9H,1-4H3,(H,15,16)/t9-/m0/s1/i/hD. The molecule has 1 rings (SSSR count). The van der Waals surface area contributed by atoms with Crippen molar-refractivity contribution < 1.29 is 10.9 Å². The molecule has 0 unspecified atom stereocenters. The van der Waals surface area contributed by atoms with E-state index in [1.165, 1.54) is 0 Å². The molecule has 0 fully saturated rings. The van der Waals surface area contributed by atoms with Crippen LogP contribution >= 0.6 is 15.9 Å². The van der Waals surface area contributed by atoms with E-state index < -0.39 is 11.7 Å². The van der Waals surface area contributed by atoms with Gasteiger partial charge in [0.1, 0.15) is 5.60 Å². The van der Waals surface area contributed by atoms with Gasteiger partial charge in [0.25, 0.3) is 0 Å². The fourth-order valence-corrected chi connectivity index (χ4v) is 1.53. The van der Waals surface area contributed by atoms with Gasteiger partial charge in [-0.05, 0) is 45.4 Å². The Morgan fingerprint density at radius 2 is 1.94 bits per heavy atom. The number of amides is 1. The molecule has 0 radical (unpaired) electrons. The molecular formula is C13H18BrNO2. The van der Waals surface area contributed by atoms with Crippen LogP contribution in [0.4, 0.5) is 4.79 Å². The topological polar surface area (TPSA) is 38.3 Å². The van der Waals surface area contributed by atoms with Gasteiger partial charge in [0.05, 0.1) is 6.04 Å². The molecule has 0 aromatic heterocycles. The van der Waals surface area contributed by atoms with E-state index >= 15 is 0 Å². The molecule has 1 aromatic carbocycles. The number of carbonyl (C=O) groups excluding carboxylic acids is 1. The second kappa shape index (κ2) is 5.54. The minimum absolute atomic E-state index is 0.354. The highest BCUT2D eigenvalue weighted by molar-refractivity contribution is 9.10. The molecule has 0 bridgehead atoms. The fourth-order valence-electron chi connectivity index (χ4n) is 1.26. The fraction of sp³-hybridized carbons (Fsp3) is 0.462. The van der Waals surface area contributed by atoms with Crippen LogP contribution in [0.3, 0.4) is 0 Å². The zero-order valence-electron chi connectivity index (χ0n) is 11.5. The quantitative estimate of drug-likeness (QED) is 0.895. The van der Waals surface area contributed by atoms with E-state index in [0.717, 1.165) is 15.3 Å². The Bertz CT molecular complexity index is 414. The number of alkyl carbamates (subject to hydrolysis) is 1. The predicted octanol–water partition coefficient (Wildman–Crippen LogP) is 4.03. The number of carbonyl (C=O) groups is 1. The highest BCUT2D eigenvalue weighted by atomic mass is 79.9. The lowest BCUT2D eigenvalue weighted by Crippen LogP contribution is -2.34. The lowest BCUT2D eigenvalue weighted by molar-refractivity contribution is 0.0508. The number of benzene rings is 1. The Kier molecular flexibility index (Phi) is 4.05. The van der Waals surface area contributed by atoms with Crippen LogP contribution in [-0.2, 0) is 4.74 Å². The first-order valence-electron chi connectivity index (χ1n) is 5.92. The zero-order chi connectivity index (χ0) is 13.9. The summed E-state index contributed by atoms with van der Waals surface area (Å²) in [5, 5.41) is 0.856. The van der Waals surface area contributed by atoms with Crippen LogP contribution in [0.5, 0.6) is 0 Å². The van der Waals surface area contributed by atoms with E-state index in [1.807, 2.05) is 24.3 Å². The maximum atomic E-state index is 11.7. The van der Waals surface area contributed by atoms with Crippen molar-refractivity contribution in [2.24, 2.45) is 0 Å². The molecule has 0 aliphatic carbocycles. The van der Waals surface area contributed by atoms with Crippen LogP contribution in [0, 0.1) is 0 Å². The molecule has 1 amide bonds. The van der Waals surface area contributed by atoms with Gasteiger partial charge in [0, 0.05) is 4.47 Å². The summed E-state index contributed by atoms with van der Waals surface area (Å²) in [6.07, 6.45) is -0.641. The van der Waals surface area contributed by atoms with E-state index in [2.05, 4.69) is 15.9 Å². The molecule has 1 aromatic rings. The third-order valence-corrected chi connectivity index (χ3v) is 2.57. The first-order valence-corrected chi connectivity index (χ1v) is 6.26. The smallest absolute Gasteiger partial charge is 0.408 e. The van der Waals surface area contributed by atoms with Crippen molar-refractivity contribution in [3.63, 3.8) is 0 Å². The predicted molar refractivity (Wildman–Crippen MR) is 71.9 cm³/mol. The summed E-state index contributed by atoms with van der Waals surface area (Å²) in [6, 6.07) is 7.16. The van der Waals surface area contributed by atoms with Gasteiger partial charge in [-0.1, -0.05) is 28.1 Å². The average molecular weight is 301 g/mol. The molecule has 17 heavy (non-hydrogen) atoms. The molecule has 0 spiro atoms. The Labute approximate surface area is 112 Å². The number of hydrogen-bond acceptors (Lipinski definition) is 2. The Morgan fingerprint density at radius 1 is 1.41 bits per heavy atom. The largest absolute Gasteiger partial charge is 0.444 e. The molecule has 3 nitrogen and oxygen atoms in total. The minimum Gasteiger partial charge on any atom is -0.444 e. The van der Waals surface area contributed by atoms with Gasteiger partial charge in [-0.2, -0.15) is 0 Å². The number of rotatable bonds is 2. The van der Waals surface area contributed by atoms with Crippen molar-refractivity contribution in [2.45, 2.75) is 39.3 Å². The molecule has 1 atom stereocenters. The monoisotopic (exact) mass is 300 g/mol. The highest BCUT2D eigenvalue weighted by Gasteiger charge is 2.18. The van der Waals surface area contributed by atoms with E-state index in [1.54, 1.807) is 27.7 Å². The van der Waals surface area contributed by atoms with Gasteiger partial charge in [0.2, 0.25) is 0 Å². The minimum atomic E-state index is -0.641. The molecule has 0 heterocycles. The van der Waals surface area contributed by atoms with Crippen molar-refractivity contribution in [1.29, 1.82) is 0 Å². The van der Waals surface area contributed by atoms with Crippen LogP contribution in [0.1, 0.15) is 39.3 Å². The van der Waals surface area contributed by atoms with Crippen LogP contribution in [0.25, 0.3) is 0 Å². The average Bonchev–Trinajstić information content (AvgIpc) is 2.26. The second-order valence-corrected chi connectivity index (χ2v) is 5.75. The van der Waals surface area contributed by atoms with Crippen molar-refractivity contribution >= 4 is 22.0 Å². The summed E-state index contributed by atoms with van der Waals surface area (Å²) < 4.78 is 13.9. The number of ether oxygens (including phenoxy) is 1. The van der Waals surface area contributed by atoms with E-state index in [0.29, 0.717) is 0 Å². The SMILES string of the molecule is [2H]N(C(=O)OC(C)(C)C)[C@@H](C)c1ccc(Br)cc1. The van der Waals surface area contributed by atoms with Crippen molar-refractivity contribution in [3.05, 3.63) is 34.3 Å². The molecule has 0 aliphatic heterocycles. The third kappa shape index (κ3) is 5.22. The van der Waals surface area contributed by atoms with Gasteiger partial charge >= 0.3 is 6.09 Å². The van der Waals surface area contributed by atoms with Crippen molar-refractivity contribution in [2.75, 3.05) is 0 Å². The first-order chi connectivity index (χ1) is 8.20. The van der Waals surface area contributed by atoms with Crippen molar-refractivity contribution in [3.8, 4) is 0 Å². The Balaban J connectivity index is 2.74. The van der Waals surface area contributed by atoms with Gasteiger partial charge in [0.15, 0.2) is 1.41 Å². The Morgan fingerprint density at radius 3 is 2.41 bits per heavy atom. The van der Waals surface area contributed by atoms with Gasteiger partial charge in [-0.3, -0.25) is 0 Å². The summed E-state index contributed by atoms with van der Waals surface area (Å²) in [6.45, 7) is 7.13. The van der Waals surface area contributed by atoms with Gasteiger partial charge in [-0.25, -0.2) is 4.79 Å². The van der Waals surface area contributed by atoms with Crippen LogP contribution in [-0.4, -0.2) is 11.7 Å². The molecule has 94 valence electrons. The van der Waals surface area contributed by atoms with Gasteiger partial charge < -0.3 is 10.0 Å². The number of hydrogen-bond donors (Lipinski definition) is 1. The van der Waals surface area contributed by atoms with Crippen LogP contribution < -0.4 is 5.31 Å². The molecule has 4 heteroatoms. The maximum absolute atomic E-state index is 11.7. The summed E-state index contributed by atoms with van der Waals surface area (Å²) >= 11 is 3.35. The maximum Gasteiger partial charge on any atom is 0.408 e. The summed E-state index contributed by atoms with van der Waals surface area (Å²) in [5.41, 5.74) is 0.301. The lowest BCUT2D eigenvalue weighted by Gasteiger charge is -2.22. The van der Waals surface area contributed by atoms with E-state index in [-0.39, 0.29) is 6.04 Å². The van der Waals surface area contributed by atoms with E-state index in [4.69, 9.17) is 6.15 Å². The Hall–Kier alpha value is -1.03. The first kappa shape index (κ1) is 12.4. The normalized spacial score (nSPS) is 13.8. The molecule has 0 saturated heterocycles. The molecule has 1 N–H and O–H groups in total. The van der Waals surface area contributed by atoms with E-state index in [9.17, 15) is 4.79 Å². The lowest BCUT2D eigenvalue weighted by atomic mass is 10.1.